The second-order valence-corrected chi connectivity index (χ2v) is 8.30. The van der Waals surface area contributed by atoms with Crippen LogP contribution in [0.15, 0.2) is 72.8 Å². The zero-order valence-corrected chi connectivity index (χ0v) is 20.2. The van der Waals surface area contributed by atoms with Gasteiger partial charge >= 0.3 is 5.97 Å². The van der Waals surface area contributed by atoms with Gasteiger partial charge in [-0.1, -0.05) is 48.0 Å². The van der Waals surface area contributed by atoms with Crippen molar-refractivity contribution in [3.05, 3.63) is 83.9 Å². The zero-order valence-electron chi connectivity index (χ0n) is 20.2. The maximum atomic E-state index is 12.2. The predicted octanol–water partition coefficient (Wildman–Crippen LogP) is 5.33. The van der Waals surface area contributed by atoms with Crippen molar-refractivity contribution >= 4 is 17.6 Å². The third kappa shape index (κ3) is 5.47. The van der Waals surface area contributed by atoms with Crippen molar-refractivity contribution in [2.45, 2.75) is 20.8 Å². The molecule has 0 saturated carbocycles. The highest BCUT2D eigenvalue weighted by molar-refractivity contribution is 5.93. The third-order valence-electron chi connectivity index (χ3n) is 5.35. The second-order valence-electron chi connectivity index (χ2n) is 8.30. The standard InChI is InChI=1S/C28H27N3O4/c1-18-7-5-9-22(15-18)27-26(21-11-13-23(14-12-21)29-25(33)17-34-4)28(35-20(3)32)31(30-27)24-10-6-8-19(2)16-24/h5-16H,17H2,1-4H3,(H,29,33). The van der Waals surface area contributed by atoms with Crippen molar-refractivity contribution in [1.29, 1.82) is 0 Å². The van der Waals surface area contributed by atoms with Crippen molar-refractivity contribution in [1.82, 2.24) is 9.78 Å². The van der Waals surface area contributed by atoms with E-state index in [4.69, 9.17) is 14.6 Å². The van der Waals surface area contributed by atoms with Crippen LogP contribution >= 0.6 is 0 Å². The van der Waals surface area contributed by atoms with Gasteiger partial charge in [-0.05, 0) is 55.3 Å². The van der Waals surface area contributed by atoms with Crippen LogP contribution in [0, 0.1) is 13.8 Å². The molecule has 0 atom stereocenters. The summed E-state index contributed by atoms with van der Waals surface area (Å²) in [7, 11) is 1.47. The Morgan fingerprint density at radius 1 is 0.914 bits per heavy atom. The summed E-state index contributed by atoms with van der Waals surface area (Å²) >= 11 is 0. The Morgan fingerprint density at radius 3 is 2.23 bits per heavy atom. The lowest BCUT2D eigenvalue weighted by atomic mass is 10.00. The summed E-state index contributed by atoms with van der Waals surface area (Å²) in [6, 6.07) is 23.2. The van der Waals surface area contributed by atoms with Gasteiger partial charge in [0.15, 0.2) is 0 Å². The lowest BCUT2D eigenvalue weighted by Gasteiger charge is -2.11. The molecular formula is C28H27N3O4. The van der Waals surface area contributed by atoms with Crippen LogP contribution in [-0.4, -0.2) is 35.4 Å². The average molecular weight is 470 g/mol. The number of hydrogen-bond donors (Lipinski definition) is 1. The molecule has 3 aromatic carbocycles. The SMILES string of the molecule is COCC(=O)Nc1ccc(-c2c(-c3cccc(C)c3)nn(-c3cccc(C)c3)c2OC(C)=O)cc1. The number of nitrogens with zero attached hydrogens (tertiary/aromatic N) is 2. The monoisotopic (exact) mass is 469 g/mol. The number of methoxy groups -OCH3 is 1. The van der Waals surface area contributed by atoms with E-state index in [-0.39, 0.29) is 12.5 Å². The van der Waals surface area contributed by atoms with E-state index in [1.54, 1.807) is 16.8 Å². The van der Waals surface area contributed by atoms with Crippen molar-refractivity contribution in [3.63, 3.8) is 0 Å². The van der Waals surface area contributed by atoms with E-state index < -0.39 is 5.97 Å². The molecule has 0 radical (unpaired) electrons. The van der Waals surface area contributed by atoms with E-state index in [9.17, 15) is 9.59 Å². The second kappa shape index (κ2) is 10.4. The molecule has 178 valence electrons. The molecule has 1 N–H and O–H groups in total. The third-order valence-corrected chi connectivity index (χ3v) is 5.35. The Balaban J connectivity index is 1.91. The van der Waals surface area contributed by atoms with Crippen LogP contribution in [0.3, 0.4) is 0 Å². The fourth-order valence-electron chi connectivity index (χ4n) is 3.87. The van der Waals surface area contributed by atoms with Gasteiger partial charge in [0.05, 0.1) is 11.3 Å². The number of ether oxygens (including phenoxy) is 2. The molecule has 0 saturated heterocycles. The topological polar surface area (TPSA) is 82.4 Å². The quantitative estimate of drug-likeness (QED) is 0.370. The Kier molecular flexibility index (Phi) is 7.08. The first-order valence-electron chi connectivity index (χ1n) is 11.2. The lowest BCUT2D eigenvalue weighted by Crippen LogP contribution is -2.16. The smallest absolute Gasteiger partial charge is 0.309 e. The van der Waals surface area contributed by atoms with Crippen molar-refractivity contribution in [2.24, 2.45) is 0 Å². The van der Waals surface area contributed by atoms with Gasteiger partial charge in [0.1, 0.15) is 12.3 Å². The van der Waals surface area contributed by atoms with Gasteiger partial charge in [0, 0.05) is 25.3 Å². The molecule has 4 rings (SSSR count). The number of anilines is 1. The first-order valence-corrected chi connectivity index (χ1v) is 11.2. The Labute approximate surface area is 204 Å². The van der Waals surface area contributed by atoms with Crippen LogP contribution in [0.4, 0.5) is 5.69 Å². The van der Waals surface area contributed by atoms with Crippen molar-refractivity contribution in [2.75, 3.05) is 19.0 Å². The molecule has 0 aliphatic rings. The van der Waals surface area contributed by atoms with Crippen LogP contribution < -0.4 is 10.1 Å². The molecule has 0 unspecified atom stereocenters. The summed E-state index contributed by atoms with van der Waals surface area (Å²) in [5.74, 6) is -0.358. The van der Waals surface area contributed by atoms with E-state index in [0.717, 1.165) is 27.9 Å². The number of hydrogen-bond acceptors (Lipinski definition) is 5. The van der Waals surface area contributed by atoms with Gasteiger partial charge < -0.3 is 14.8 Å². The Bertz CT molecular complexity index is 1370. The summed E-state index contributed by atoms with van der Waals surface area (Å²) < 4.78 is 12.3. The van der Waals surface area contributed by atoms with E-state index in [1.807, 2.05) is 74.5 Å². The lowest BCUT2D eigenvalue weighted by molar-refractivity contribution is -0.132. The van der Waals surface area contributed by atoms with Gasteiger partial charge in [-0.25, -0.2) is 0 Å². The first kappa shape index (κ1) is 23.9. The molecule has 7 nitrogen and oxygen atoms in total. The maximum Gasteiger partial charge on any atom is 0.309 e. The fourth-order valence-corrected chi connectivity index (χ4v) is 3.87. The molecule has 0 bridgehead atoms. The van der Waals surface area contributed by atoms with Gasteiger partial charge in [0.25, 0.3) is 0 Å². The molecule has 0 aliphatic carbocycles. The van der Waals surface area contributed by atoms with E-state index in [0.29, 0.717) is 22.8 Å². The number of benzene rings is 3. The van der Waals surface area contributed by atoms with Crippen molar-refractivity contribution in [3.8, 4) is 34.0 Å². The number of esters is 1. The minimum atomic E-state index is -0.445. The highest BCUT2D eigenvalue weighted by atomic mass is 16.5. The fraction of sp³-hybridized carbons (Fsp3) is 0.179. The largest absolute Gasteiger partial charge is 0.407 e. The summed E-state index contributed by atoms with van der Waals surface area (Å²) in [5.41, 5.74) is 6.62. The first-order chi connectivity index (χ1) is 16.9. The Morgan fingerprint density at radius 2 is 1.60 bits per heavy atom. The van der Waals surface area contributed by atoms with E-state index in [2.05, 4.69) is 5.32 Å². The number of amides is 1. The molecule has 4 aromatic rings. The summed E-state index contributed by atoms with van der Waals surface area (Å²) in [4.78, 5) is 24.1. The zero-order chi connectivity index (χ0) is 24.9. The van der Waals surface area contributed by atoms with E-state index >= 15 is 0 Å². The minimum absolute atomic E-state index is 0.0287. The van der Waals surface area contributed by atoms with Gasteiger partial charge in [0.2, 0.25) is 11.8 Å². The molecule has 1 amide bonds. The number of rotatable bonds is 7. The molecule has 0 aliphatic heterocycles. The normalized spacial score (nSPS) is 10.7. The average Bonchev–Trinajstić information content (AvgIpc) is 3.18. The summed E-state index contributed by atoms with van der Waals surface area (Å²) in [5, 5.41) is 7.70. The van der Waals surface area contributed by atoms with Gasteiger partial charge in [-0.3, -0.25) is 9.59 Å². The molecule has 1 aromatic heterocycles. The van der Waals surface area contributed by atoms with Crippen LogP contribution in [-0.2, 0) is 14.3 Å². The van der Waals surface area contributed by atoms with Gasteiger partial charge in [-0.15, -0.1) is 0 Å². The maximum absolute atomic E-state index is 12.2. The highest BCUT2D eigenvalue weighted by Gasteiger charge is 2.24. The van der Waals surface area contributed by atoms with E-state index in [1.165, 1.54) is 14.0 Å². The molecular weight excluding hydrogens is 442 g/mol. The van der Waals surface area contributed by atoms with Crippen LogP contribution in [0.1, 0.15) is 18.1 Å². The number of carbonyl (C=O) groups is 2. The highest BCUT2D eigenvalue weighted by Crippen LogP contribution is 2.41. The molecule has 0 fully saturated rings. The molecule has 35 heavy (non-hydrogen) atoms. The number of aryl methyl sites for hydroxylation is 2. The van der Waals surface area contributed by atoms with Crippen LogP contribution in [0.5, 0.6) is 5.88 Å². The molecule has 0 spiro atoms. The molecule has 7 heteroatoms. The van der Waals surface area contributed by atoms with Crippen LogP contribution in [0.2, 0.25) is 0 Å². The van der Waals surface area contributed by atoms with Gasteiger partial charge in [-0.2, -0.15) is 9.78 Å². The van der Waals surface area contributed by atoms with Crippen LogP contribution in [0.25, 0.3) is 28.1 Å². The predicted molar refractivity (Wildman–Crippen MR) is 136 cm³/mol. The summed E-state index contributed by atoms with van der Waals surface area (Å²) in [6.07, 6.45) is 0. The molecule has 1 heterocycles. The number of nitrogens with one attached hydrogen (secondary N) is 1. The van der Waals surface area contributed by atoms with Crippen molar-refractivity contribution < 1.29 is 19.1 Å². The minimum Gasteiger partial charge on any atom is -0.407 e. The number of aromatic nitrogens is 2. The summed E-state index contributed by atoms with van der Waals surface area (Å²) in [6.45, 7) is 5.36. The number of carbonyl (C=O) groups excluding carboxylic acids is 2. The Hall–Kier alpha value is -4.23.